The zero-order valence-corrected chi connectivity index (χ0v) is 12.7. The van der Waals surface area contributed by atoms with Crippen LogP contribution in [-0.4, -0.2) is 6.29 Å². The Morgan fingerprint density at radius 1 is 0.957 bits per heavy atom. The molecule has 2 aromatic rings. The lowest BCUT2D eigenvalue weighted by molar-refractivity contribution is -0.137. The number of rotatable bonds is 5. The molecule has 0 aliphatic carbocycles. The fourth-order valence-electron chi connectivity index (χ4n) is 2.73. The highest BCUT2D eigenvalue weighted by Crippen LogP contribution is 2.39. The molecule has 0 unspecified atom stereocenters. The maximum absolute atomic E-state index is 12.7. The van der Waals surface area contributed by atoms with E-state index in [0.29, 0.717) is 5.56 Å². The van der Waals surface area contributed by atoms with Crippen molar-refractivity contribution in [2.24, 2.45) is 0 Å². The number of carbonyl (C=O) groups is 1. The Balaban J connectivity index is 2.47. The van der Waals surface area contributed by atoms with E-state index in [1.807, 2.05) is 30.3 Å². The molecule has 2 rings (SSSR count). The molecule has 0 saturated carbocycles. The van der Waals surface area contributed by atoms with Gasteiger partial charge in [-0.05, 0) is 30.2 Å². The molecule has 0 bridgehead atoms. The van der Waals surface area contributed by atoms with Crippen molar-refractivity contribution in [1.29, 1.82) is 0 Å². The van der Waals surface area contributed by atoms with Crippen LogP contribution in [0.1, 0.15) is 29.5 Å². The standard InChI is InChI=1S/C19H17F3O/c1-3-17(14-7-5-4-6-8-14)18(2,13-23)15-9-11-16(12-10-15)19(20,21)22/h3-13,17H,1H2,2H3/t17-,18-/m0/s1. The molecule has 1 nitrogen and oxygen atoms in total. The molecule has 23 heavy (non-hydrogen) atoms. The summed E-state index contributed by atoms with van der Waals surface area (Å²) in [5.41, 5.74) is -0.316. The number of aldehydes is 1. The third-order valence-electron chi connectivity index (χ3n) is 4.12. The van der Waals surface area contributed by atoms with Gasteiger partial charge in [0.05, 0.1) is 11.0 Å². The van der Waals surface area contributed by atoms with Gasteiger partial charge in [0, 0.05) is 5.92 Å². The number of hydrogen-bond donors (Lipinski definition) is 0. The molecule has 2 aromatic carbocycles. The predicted molar refractivity (Wildman–Crippen MR) is 84.2 cm³/mol. The van der Waals surface area contributed by atoms with Gasteiger partial charge in [0.2, 0.25) is 0 Å². The minimum Gasteiger partial charge on any atom is -0.302 e. The third-order valence-corrected chi connectivity index (χ3v) is 4.12. The van der Waals surface area contributed by atoms with E-state index in [2.05, 4.69) is 6.58 Å². The fraction of sp³-hybridized carbons (Fsp3) is 0.211. The van der Waals surface area contributed by atoms with E-state index < -0.39 is 17.2 Å². The van der Waals surface area contributed by atoms with Gasteiger partial charge in [-0.15, -0.1) is 6.58 Å². The Labute approximate surface area is 133 Å². The van der Waals surface area contributed by atoms with Crippen molar-refractivity contribution in [1.82, 2.24) is 0 Å². The highest BCUT2D eigenvalue weighted by molar-refractivity contribution is 5.71. The average Bonchev–Trinajstić information content (AvgIpc) is 2.55. The molecule has 0 radical (unpaired) electrons. The Hall–Kier alpha value is -2.36. The highest BCUT2D eigenvalue weighted by Gasteiger charge is 2.36. The zero-order valence-electron chi connectivity index (χ0n) is 12.7. The lowest BCUT2D eigenvalue weighted by Gasteiger charge is -2.32. The Bertz CT molecular complexity index is 674. The second-order valence-electron chi connectivity index (χ2n) is 5.60. The van der Waals surface area contributed by atoms with E-state index in [1.54, 1.807) is 13.0 Å². The van der Waals surface area contributed by atoms with Crippen molar-refractivity contribution < 1.29 is 18.0 Å². The summed E-state index contributed by atoms with van der Waals surface area (Å²) in [6, 6.07) is 14.0. The summed E-state index contributed by atoms with van der Waals surface area (Å²) < 4.78 is 38.1. The molecule has 0 heterocycles. The van der Waals surface area contributed by atoms with Crippen molar-refractivity contribution in [3.63, 3.8) is 0 Å². The molecule has 0 aliphatic rings. The van der Waals surface area contributed by atoms with Crippen LogP contribution >= 0.6 is 0 Å². The van der Waals surface area contributed by atoms with Crippen LogP contribution in [0.5, 0.6) is 0 Å². The Kier molecular flexibility index (Phi) is 4.73. The Morgan fingerprint density at radius 2 is 1.48 bits per heavy atom. The molecule has 0 fully saturated rings. The maximum Gasteiger partial charge on any atom is 0.416 e. The van der Waals surface area contributed by atoms with Crippen molar-refractivity contribution in [2.75, 3.05) is 0 Å². The van der Waals surface area contributed by atoms with Crippen molar-refractivity contribution in [3.8, 4) is 0 Å². The summed E-state index contributed by atoms with van der Waals surface area (Å²) >= 11 is 0. The van der Waals surface area contributed by atoms with Crippen molar-refractivity contribution in [2.45, 2.75) is 24.4 Å². The normalized spacial score (nSPS) is 15.5. The number of hydrogen-bond acceptors (Lipinski definition) is 1. The van der Waals surface area contributed by atoms with Crippen molar-refractivity contribution >= 4 is 6.29 Å². The SMILES string of the molecule is C=C[C@@H](c1ccccc1)[C@@](C)(C=O)c1ccc(C(F)(F)F)cc1. The van der Waals surface area contributed by atoms with E-state index >= 15 is 0 Å². The number of benzene rings is 2. The molecule has 120 valence electrons. The molecule has 0 spiro atoms. The second-order valence-corrected chi connectivity index (χ2v) is 5.60. The second kappa shape index (κ2) is 6.41. The van der Waals surface area contributed by atoms with Gasteiger partial charge in [-0.3, -0.25) is 0 Å². The summed E-state index contributed by atoms with van der Waals surface area (Å²) in [4.78, 5) is 11.8. The maximum atomic E-state index is 12.7. The first kappa shape index (κ1) is 17.0. The molecule has 2 atom stereocenters. The molecule has 0 amide bonds. The zero-order chi connectivity index (χ0) is 17.1. The lowest BCUT2D eigenvalue weighted by atomic mass is 9.70. The van der Waals surface area contributed by atoms with Crippen LogP contribution in [0.2, 0.25) is 0 Å². The predicted octanol–water partition coefficient (Wildman–Crippen LogP) is 5.13. The van der Waals surface area contributed by atoms with Gasteiger partial charge in [-0.25, -0.2) is 0 Å². The topological polar surface area (TPSA) is 17.1 Å². The van der Waals surface area contributed by atoms with Crippen LogP contribution in [0.15, 0.2) is 67.3 Å². The largest absolute Gasteiger partial charge is 0.416 e. The number of alkyl halides is 3. The van der Waals surface area contributed by atoms with Crippen LogP contribution < -0.4 is 0 Å². The van der Waals surface area contributed by atoms with E-state index in [-0.39, 0.29) is 5.92 Å². The molecule has 0 aromatic heterocycles. The monoisotopic (exact) mass is 318 g/mol. The van der Waals surface area contributed by atoms with Gasteiger partial charge in [-0.1, -0.05) is 48.5 Å². The van der Waals surface area contributed by atoms with Crippen LogP contribution in [-0.2, 0) is 16.4 Å². The molecule has 0 N–H and O–H groups in total. The minimum atomic E-state index is -4.40. The Morgan fingerprint density at radius 3 is 1.91 bits per heavy atom. The molecule has 4 heteroatoms. The van der Waals surface area contributed by atoms with E-state index in [4.69, 9.17) is 0 Å². The van der Waals surface area contributed by atoms with Gasteiger partial charge in [0.25, 0.3) is 0 Å². The van der Waals surface area contributed by atoms with Gasteiger partial charge in [-0.2, -0.15) is 13.2 Å². The van der Waals surface area contributed by atoms with Crippen LogP contribution in [0.4, 0.5) is 13.2 Å². The number of carbonyl (C=O) groups excluding carboxylic acids is 1. The average molecular weight is 318 g/mol. The first-order chi connectivity index (χ1) is 10.8. The van der Waals surface area contributed by atoms with E-state index in [1.165, 1.54) is 12.1 Å². The summed E-state index contributed by atoms with van der Waals surface area (Å²) in [7, 11) is 0. The molecule has 0 aliphatic heterocycles. The van der Waals surface area contributed by atoms with Crippen LogP contribution in [0.25, 0.3) is 0 Å². The highest BCUT2D eigenvalue weighted by atomic mass is 19.4. The number of halogens is 3. The smallest absolute Gasteiger partial charge is 0.302 e. The number of allylic oxidation sites excluding steroid dienone is 1. The summed E-state index contributed by atoms with van der Waals surface area (Å²) in [6.07, 6.45) is -1.97. The quantitative estimate of drug-likeness (QED) is 0.551. The lowest BCUT2D eigenvalue weighted by Crippen LogP contribution is -2.31. The van der Waals surface area contributed by atoms with E-state index in [9.17, 15) is 18.0 Å². The van der Waals surface area contributed by atoms with Crippen molar-refractivity contribution in [3.05, 3.63) is 83.9 Å². The third kappa shape index (κ3) is 3.36. The van der Waals surface area contributed by atoms with Gasteiger partial charge in [0.15, 0.2) is 0 Å². The molecular formula is C19H17F3O. The summed E-state index contributed by atoms with van der Waals surface area (Å²) in [5.74, 6) is -0.335. The van der Waals surface area contributed by atoms with E-state index in [0.717, 1.165) is 24.0 Å². The van der Waals surface area contributed by atoms with Gasteiger partial charge >= 0.3 is 6.18 Å². The minimum absolute atomic E-state index is 0.335. The summed E-state index contributed by atoms with van der Waals surface area (Å²) in [6.45, 7) is 5.51. The molecular weight excluding hydrogens is 301 g/mol. The first-order valence-corrected chi connectivity index (χ1v) is 7.14. The first-order valence-electron chi connectivity index (χ1n) is 7.14. The van der Waals surface area contributed by atoms with Crippen LogP contribution in [0, 0.1) is 0 Å². The molecule has 0 saturated heterocycles. The van der Waals surface area contributed by atoms with Gasteiger partial charge in [0.1, 0.15) is 6.29 Å². The van der Waals surface area contributed by atoms with Crippen LogP contribution in [0.3, 0.4) is 0 Å². The summed E-state index contributed by atoms with van der Waals surface area (Å²) in [5, 5.41) is 0. The fourth-order valence-corrected chi connectivity index (χ4v) is 2.73. The van der Waals surface area contributed by atoms with Gasteiger partial charge < -0.3 is 4.79 Å².